The van der Waals surface area contributed by atoms with Crippen molar-refractivity contribution in [3.8, 4) is 16.9 Å². The third-order valence-corrected chi connectivity index (χ3v) is 2.57. The summed E-state index contributed by atoms with van der Waals surface area (Å²) in [6.07, 6.45) is 6.12. The van der Waals surface area contributed by atoms with Gasteiger partial charge in [-0.2, -0.15) is 5.10 Å². The Labute approximate surface area is 86.3 Å². The number of hydrogen-bond acceptors (Lipinski definition) is 4. The fourth-order valence-corrected chi connectivity index (χ4v) is 1.81. The van der Waals surface area contributed by atoms with Gasteiger partial charge in [-0.1, -0.05) is 0 Å². The van der Waals surface area contributed by atoms with E-state index in [0.717, 1.165) is 28.9 Å². The van der Waals surface area contributed by atoms with E-state index in [1.807, 2.05) is 6.20 Å². The van der Waals surface area contributed by atoms with Gasteiger partial charge < -0.3 is 10.5 Å². The lowest BCUT2D eigenvalue weighted by atomic mass is 10.1. The van der Waals surface area contributed by atoms with Gasteiger partial charge in [-0.25, -0.2) is 4.98 Å². The molecule has 1 aliphatic heterocycles. The molecule has 0 radical (unpaired) electrons. The monoisotopic (exact) mass is 202 g/mol. The molecule has 76 valence electrons. The molecule has 15 heavy (non-hydrogen) atoms. The van der Waals surface area contributed by atoms with Crippen molar-refractivity contribution >= 4 is 5.82 Å². The van der Waals surface area contributed by atoms with Crippen LogP contribution < -0.4 is 10.5 Å². The van der Waals surface area contributed by atoms with Crippen molar-refractivity contribution in [1.29, 1.82) is 0 Å². The van der Waals surface area contributed by atoms with Crippen LogP contribution in [-0.2, 0) is 6.42 Å². The summed E-state index contributed by atoms with van der Waals surface area (Å²) in [6, 6.07) is 0. The average Bonchev–Trinajstić information content (AvgIpc) is 2.88. The Morgan fingerprint density at radius 2 is 2.33 bits per heavy atom. The predicted molar refractivity (Wildman–Crippen MR) is 55.4 cm³/mol. The smallest absolute Gasteiger partial charge is 0.135 e. The lowest BCUT2D eigenvalue weighted by Crippen LogP contribution is -1.95. The quantitative estimate of drug-likeness (QED) is 0.722. The zero-order chi connectivity index (χ0) is 10.3. The maximum absolute atomic E-state index is 5.78. The van der Waals surface area contributed by atoms with Crippen LogP contribution in [0.5, 0.6) is 5.75 Å². The van der Waals surface area contributed by atoms with E-state index in [1.165, 1.54) is 0 Å². The van der Waals surface area contributed by atoms with Crippen molar-refractivity contribution in [1.82, 2.24) is 15.2 Å². The number of anilines is 1. The molecule has 0 aliphatic carbocycles. The second-order valence-corrected chi connectivity index (χ2v) is 3.45. The Balaban J connectivity index is 2.22. The predicted octanol–water partition coefficient (Wildman–Crippen LogP) is 0.989. The number of aromatic nitrogens is 3. The lowest BCUT2D eigenvalue weighted by molar-refractivity contribution is 0.358. The van der Waals surface area contributed by atoms with E-state index in [9.17, 15) is 0 Å². The number of fused-ring (bicyclic) bond motifs is 1. The molecule has 0 spiro atoms. The van der Waals surface area contributed by atoms with Crippen molar-refractivity contribution in [2.45, 2.75) is 6.42 Å². The Hall–Kier alpha value is -2.04. The SMILES string of the molecule is Nc1ncc(-c2cn[nH]c2)c2c1CCO2. The Morgan fingerprint density at radius 1 is 1.40 bits per heavy atom. The van der Waals surface area contributed by atoms with E-state index in [2.05, 4.69) is 15.2 Å². The topological polar surface area (TPSA) is 76.8 Å². The van der Waals surface area contributed by atoms with Gasteiger partial charge >= 0.3 is 0 Å². The Kier molecular flexibility index (Phi) is 1.65. The fraction of sp³-hybridized carbons (Fsp3) is 0.200. The lowest BCUT2D eigenvalue weighted by Gasteiger charge is -2.06. The molecule has 5 nitrogen and oxygen atoms in total. The van der Waals surface area contributed by atoms with Gasteiger partial charge in [-0.3, -0.25) is 5.10 Å². The molecule has 3 N–H and O–H groups in total. The van der Waals surface area contributed by atoms with Crippen molar-refractivity contribution in [3.63, 3.8) is 0 Å². The summed E-state index contributed by atoms with van der Waals surface area (Å²) in [7, 11) is 0. The van der Waals surface area contributed by atoms with Crippen LogP contribution in [0.4, 0.5) is 5.82 Å². The molecular weight excluding hydrogens is 192 g/mol. The summed E-state index contributed by atoms with van der Waals surface area (Å²) in [6.45, 7) is 0.677. The zero-order valence-electron chi connectivity index (χ0n) is 8.03. The standard InChI is InChI=1S/C10H10N4O/c11-10-7-1-2-15-9(7)8(5-12-10)6-3-13-14-4-6/h3-5H,1-2H2,(H2,11,12)(H,13,14). The Bertz CT molecular complexity index is 492. The van der Waals surface area contributed by atoms with Gasteiger partial charge in [0.05, 0.1) is 12.8 Å². The first kappa shape index (κ1) is 8.28. The number of hydrogen-bond donors (Lipinski definition) is 2. The number of pyridine rings is 1. The largest absolute Gasteiger partial charge is 0.492 e. The number of ether oxygens (including phenoxy) is 1. The molecule has 0 saturated carbocycles. The third kappa shape index (κ3) is 1.16. The van der Waals surface area contributed by atoms with E-state index in [1.54, 1.807) is 12.4 Å². The van der Waals surface area contributed by atoms with Crippen molar-refractivity contribution < 1.29 is 4.74 Å². The molecule has 2 aromatic heterocycles. The highest BCUT2D eigenvalue weighted by molar-refractivity contribution is 5.73. The number of nitrogens with one attached hydrogen (secondary N) is 1. The molecule has 3 rings (SSSR count). The molecule has 0 unspecified atom stereocenters. The molecule has 3 heterocycles. The number of nitrogens with two attached hydrogens (primary N) is 1. The molecule has 0 fully saturated rings. The van der Waals surface area contributed by atoms with E-state index < -0.39 is 0 Å². The van der Waals surface area contributed by atoms with Gasteiger partial charge in [0.15, 0.2) is 0 Å². The van der Waals surface area contributed by atoms with Gasteiger partial charge in [0, 0.05) is 35.5 Å². The summed E-state index contributed by atoms with van der Waals surface area (Å²) < 4.78 is 5.57. The summed E-state index contributed by atoms with van der Waals surface area (Å²) >= 11 is 0. The summed E-state index contributed by atoms with van der Waals surface area (Å²) in [4.78, 5) is 4.16. The number of nitrogens with zero attached hydrogens (tertiary/aromatic N) is 2. The van der Waals surface area contributed by atoms with Crippen molar-refractivity contribution in [3.05, 3.63) is 24.2 Å². The highest BCUT2D eigenvalue weighted by Crippen LogP contribution is 2.38. The summed E-state index contributed by atoms with van der Waals surface area (Å²) in [5, 5.41) is 6.68. The first-order chi connectivity index (χ1) is 7.36. The maximum atomic E-state index is 5.78. The molecule has 0 atom stereocenters. The highest BCUT2D eigenvalue weighted by atomic mass is 16.5. The maximum Gasteiger partial charge on any atom is 0.135 e. The molecule has 0 saturated heterocycles. The second kappa shape index (κ2) is 2.98. The highest BCUT2D eigenvalue weighted by Gasteiger charge is 2.21. The van der Waals surface area contributed by atoms with Gasteiger partial charge in [0.25, 0.3) is 0 Å². The molecule has 1 aliphatic rings. The molecule has 0 bridgehead atoms. The molecule has 5 heteroatoms. The van der Waals surface area contributed by atoms with Crippen LogP contribution in [-0.4, -0.2) is 21.8 Å². The average molecular weight is 202 g/mol. The molecule has 0 amide bonds. The number of H-pyrrole nitrogens is 1. The summed E-state index contributed by atoms with van der Waals surface area (Å²) in [5.41, 5.74) is 8.71. The first-order valence-electron chi connectivity index (χ1n) is 4.75. The number of rotatable bonds is 1. The second-order valence-electron chi connectivity index (χ2n) is 3.45. The number of nitrogen functional groups attached to an aromatic ring is 1. The number of aromatic amines is 1. The first-order valence-corrected chi connectivity index (χ1v) is 4.75. The van der Waals surface area contributed by atoms with E-state index in [0.29, 0.717) is 12.4 Å². The minimum Gasteiger partial charge on any atom is -0.492 e. The van der Waals surface area contributed by atoms with Crippen molar-refractivity contribution in [2.75, 3.05) is 12.3 Å². The fourth-order valence-electron chi connectivity index (χ4n) is 1.81. The minimum absolute atomic E-state index is 0.565. The van der Waals surface area contributed by atoms with Crippen LogP contribution in [0.3, 0.4) is 0 Å². The molecule has 0 aromatic carbocycles. The normalized spacial score (nSPS) is 13.6. The van der Waals surface area contributed by atoms with Crippen LogP contribution in [0, 0.1) is 0 Å². The van der Waals surface area contributed by atoms with Crippen LogP contribution in [0.25, 0.3) is 11.1 Å². The van der Waals surface area contributed by atoms with Gasteiger partial charge in [0.2, 0.25) is 0 Å². The third-order valence-electron chi connectivity index (χ3n) is 2.57. The van der Waals surface area contributed by atoms with Gasteiger partial charge in [0.1, 0.15) is 11.6 Å². The molecular formula is C10H10N4O. The van der Waals surface area contributed by atoms with Crippen molar-refractivity contribution in [2.24, 2.45) is 0 Å². The van der Waals surface area contributed by atoms with Crippen LogP contribution in [0.1, 0.15) is 5.56 Å². The zero-order valence-corrected chi connectivity index (χ0v) is 8.03. The van der Waals surface area contributed by atoms with E-state index in [-0.39, 0.29) is 0 Å². The summed E-state index contributed by atoms with van der Waals surface area (Å²) in [5.74, 6) is 1.42. The van der Waals surface area contributed by atoms with E-state index in [4.69, 9.17) is 10.5 Å². The molecule has 2 aromatic rings. The van der Waals surface area contributed by atoms with E-state index >= 15 is 0 Å². The minimum atomic E-state index is 0.565. The Morgan fingerprint density at radius 3 is 3.13 bits per heavy atom. The van der Waals surface area contributed by atoms with Crippen LogP contribution >= 0.6 is 0 Å². The van der Waals surface area contributed by atoms with Gasteiger partial charge in [-0.05, 0) is 0 Å². The van der Waals surface area contributed by atoms with Crippen LogP contribution in [0.15, 0.2) is 18.6 Å². The van der Waals surface area contributed by atoms with Gasteiger partial charge in [-0.15, -0.1) is 0 Å². The van der Waals surface area contributed by atoms with Crippen LogP contribution in [0.2, 0.25) is 0 Å².